The lowest BCUT2D eigenvalue weighted by atomic mass is 10.0. The van der Waals surface area contributed by atoms with Gasteiger partial charge in [-0.15, -0.1) is 0 Å². The average Bonchev–Trinajstić information content (AvgIpc) is 2.70. The number of piperidine rings is 1. The van der Waals surface area contributed by atoms with Crippen molar-refractivity contribution in [1.82, 2.24) is 10.2 Å². The second kappa shape index (κ2) is 8.67. The van der Waals surface area contributed by atoms with Gasteiger partial charge in [-0.1, -0.05) is 42.5 Å². The van der Waals surface area contributed by atoms with Crippen LogP contribution in [0, 0.1) is 0 Å². The minimum atomic E-state index is -0.304. The number of carbonyl (C=O) groups is 1. The van der Waals surface area contributed by atoms with Crippen molar-refractivity contribution in [2.24, 2.45) is 0 Å². The number of carbonyl (C=O) groups excluding carboxylic acids is 1. The maximum absolute atomic E-state index is 13.1. The summed E-state index contributed by atoms with van der Waals surface area (Å²) in [5, 5.41) is 3.45. The number of likely N-dealkylation sites (tertiary alicyclic amines) is 1. The van der Waals surface area contributed by atoms with Crippen LogP contribution in [0.3, 0.4) is 0 Å². The Kier molecular flexibility index (Phi) is 6.07. The first kappa shape index (κ1) is 17.5. The predicted octanol–water partition coefficient (Wildman–Crippen LogP) is 3.54. The molecular formula is C21H26N2O2. The first-order valence-electron chi connectivity index (χ1n) is 8.98. The molecule has 1 heterocycles. The number of rotatable bonds is 6. The SMILES string of the molecule is COc1ccc(CN[C@H](C(=O)N2CCCCC2)c2ccccc2)cc1. The van der Waals surface area contributed by atoms with Crippen molar-refractivity contribution in [3.8, 4) is 5.75 Å². The molecule has 1 aliphatic rings. The summed E-state index contributed by atoms with van der Waals surface area (Å²) in [6, 6.07) is 17.6. The van der Waals surface area contributed by atoms with Crippen molar-refractivity contribution in [1.29, 1.82) is 0 Å². The van der Waals surface area contributed by atoms with Crippen LogP contribution < -0.4 is 10.1 Å². The van der Waals surface area contributed by atoms with Gasteiger partial charge in [-0.05, 0) is 42.5 Å². The summed E-state index contributed by atoms with van der Waals surface area (Å²) >= 11 is 0. The number of hydrogen-bond donors (Lipinski definition) is 1. The highest BCUT2D eigenvalue weighted by molar-refractivity contribution is 5.83. The van der Waals surface area contributed by atoms with E-state index in [9.17, 15) is 4.79 Å². The molecular weight excluding hydrogens is 312 g/mol. The van der Waals surface area contributed by atoms with E-state index in [4.69, 9.17) is 4.74 Å². The molecule has 0 unspecified atom stereocenters. The van der Waals surface area contributed by atoms with Gasteiger partial charge < -0.3 is 9.64 Å². The van der Waals surface area contributed by atoms with Gasteiger partial charge in [-0.3, -0.25) is 10.1 Å². The van der Waals surface area contributed by atoms with Crippen LogP contribution in [-0.2, 0) is 11.3 Å². The summed E-state index contributed by atoms with van der Waals surface area (Å²) in [7, 11) is 1.66. The van der Waals surface area contributed by atoms with Crippen LogP contribution in [0.1, 0.15) is 36.4 Å². The lowest BCUT2D eigenvalue weighted by Crippen LogP contribution is -2.43. The normalized spacial score (nSPS) is 15.6. The molecule has 25 heavy (non-hydrogen) atoms. The summed E-state index contributed by atoms with van der Waals surface area (Å²) in [4.78, 5) is 15.1. The van der Waals surface area contributed by atoms with E-state index in [1.807, 2.05) is 59.5 Å². The summed E-state index contributed by atoms with van der Waals surface area (Å²) in [6.45, 7) is 2.38. The van der Waals surface area contributed by atoms with Crippen molar-refractivity contribution >= 4 is 5.91 Å². The molecule has 1 saturated heterocycles. The number of methoxy groups -OCH3 is 1. The number of benzene rings is 2. The Morgan fingerprint density at radius 1 is 1.04 bits per heavy atom. The first-order valence-corrected chi connectivity index (χ1v) is 8.98. The molecule has 0 bridgehead atoms. The zero-order valence-electron chi connectivity index (χ0n) is 14.8. The molecule has 0 radical (unpaired) electrons. The number of nitrogens with zero attached hydrogens (tertiary/aromatic N) is 1. The smallest absolute Gasteiger partial charge is 0.244 e. The van der Waals surface area contributed by atoms with E-state index in [1.165, 1.54) is 6.42 Å². The number of amides is 1. The van der Waals surface area contributed by atoms with Crippen molar-refractivity contribution in [2.45, 2.75) is 31.8 Å². The molecule has 2 aromatic rings. The zero-order chi connectivity index (χ0) is 17.5. The van der Waals surface area contributed by atoms with Crippen LogP contribution in [-0.4, -0.2) is 31.0 Å². The van der Waals surface area contributed by atoms with Crippen molar-refractivity contribution in [2.75, 3.05) is 20.2 Å². The monoisotopic (exact) mass is 338 g/mol. The molecule has 4 nitrogen and oxygen atoms in total. The van der Waals surface area contributed by atoms with Crippen molar-refractivity contribution < 1.29 is 9.53 Å². The van der Waals surface area contributed by atoms with Crippen molar-refractivity contribution in [3.63, 3.8) is 0 Å². The average molecular weight is 338 g/mol. The Hall–Kier alpha value is -2.33. The van der Waals surface area contributed by atoms with E-state index in [1.54, 1.807) is 7.11 Å². The second-order valence-corrected chi connectivity index (χ2v) is 6.46. The Bertz CT molecular complexity index is 664. The van der Waals surface area contributed by atoms with Gasteiger partial charge in [-0.25, -0.2) is 0 Å². The Morgan fingerprint density at radius 2 is 1.72 bits per heavy atom. The molecule has 0 saturated carbocycles. The fourth-order valence-electron chi connectivity index (χ4n) is 3.25. The third kappa shape index (κ3) is 4.60. The van der Waals surface area contributed by atoms with Gasteiger partial charge in [0, 0.05) is 19.6 Å². The number of ether oxygens (including phenoxy) is 1. The maximum Gasteiger partial charge on any atom is 0.244 e. The van der Waals surface area contributed by atoms with Gasteiger partial charge in [0.15, 0.2) is 0 Å². The van der Waals surface area contributed by atoms with E-state index in [2.05, 4.69) is 5.32 Å². The Labute approximate surface area is 149 Å². The topological polar surface area (TPSA) is 41.6 Å². The summed E-state index contributed by atoms with van der Waals surface area (Å²) < 4.78 is 5.20. The number of nitrogens with one attached hydrogen (secondary N) is 1. The van der Waals surface area contributed by atoms with Crippen LogP contribution >= 0.6 is 0 Å². The molecule has 3 rings (SSSR count). The van der Waals surface area contributed by atoms with E-state index < -0.39 is 0 Å². The minimum Gasteiger partial charge on any atom is -0.497 e. The molecule has 1 fully saturated rings. The summed E-state index contributed by atoms with van der Waals surface area (Å²) in [5.74, 6) is 1.02. The first-order chi connectivity index (χ1) is 12.3. The highest BCUT2D eigenvalue weighted by Crippen LogP contribution is 2.20. The van der Waals surface area contributed by atoms with E-state index in [0.717, 1.165) is 42.8 Å². The fourth-order valence-corrected chi connectivity index (χ4v) is 3.25. The highest BCUT2D eigenvalue weighted by Gasteiger charge is 2.26. The van der Waals surface area contributed by atoms with Crippen LogP contribution in [0.4, 0.5) is 0 Å². The Balaban J connectivity index is 1.72. The second-order valence-electron chi connectivity index (χ2n) is 6.46. The van der Waals surface area contributed by atoms with Crippen LogP contribution in [0.25, 0.3) is 0 Å². The van der Waals surface area contributed by atoms with Gasteiger partial charge in [-0.2, -0.15) is 0 Å². The minimum absolute atomic E-state index is 0.180. The van der Waals surface area contributed by atoms with Crippen LogP contribution in [0.5, 0.6) is 5.75 Å². The Morgan fingerprint density at radius 3 is 2.36 bits per heavy atom. The maximum atomic E-state index is 13.1. The van der Waals surface area contributed by atoms with E-state index >= 15 is 0 Å². The van der Waals surface area contributed by atoms with Crippen molar-refractivity contribution in [3.05, 3.63) is 65.7 Å². The predicted molar refractivity (Wildman–Crippen MR) is 99.4 cm³/mol. The molecule has 0 spiro atoms. The van der Waals surface area contributed by atoms with Crippen LogP contribution in [0.2, 0.25) is 0 Å². The van der Waals surface area contributed by atoms with Gasteiger partial charge >= 0.3 is 0 Å². The van der Waals surface area contributed by atoms with Gasteiger partial charge in [0.25, 0.3) is 0 Å². The molecule has 4 heteroatoms. The summed E-state index contributed by atoms with van der Waals surface area (Å²) in [6.07, 6.45) is 3.43. The molecule has 0 aliphatic carbocycles. The fraction of sp³-hybridized carbons (Fsp3) is 0.381. The molecule has 1 atom stereocenters. The quantitative estimate of drug-likeness (QED) is 0.876. The standard InChI is InChI=1S/C21H26N2O2/c1-25-19-12-10-17(11-13-19)16-22-20(18-8-4-2-5-9-18)21(24)23-14-6-3-7-15-23/h2,4-5,8-13,20,22H,3,6-7,14-16H2,1H3/t20-/m0/s1. The van der Waals surface area contributed by atoms with E-state index in [0.29, 0.717) is 6.54 Å². The lowest BCUT2D eigenvalue weighted by Gasteiger charge is -2.31. The molecule has 132 valence electrons. The van der Waals surface area contributed by atoms with Gasteiger partial charge in [0.2, 0.25) is 5.91 Å². The van der Waals surface area contributed by atoms with E-state index in [-0.39, 0.29) is 11.9 Å². The summed E-state index contributed by atoms with van der Waals surface area (Å²) in [5.41, 5.74) is 2.15. The molecule has 0 aromatic heterocycles. The van der Waals surface area contributed by atoms with Gasteiger partial charge in [0.1, 0.15) is 11.8 Å². The third-order valence-corrected chi connectivity index (χ3v) is 4.72. The largest absolute Gasteiger partial charge is 0.497 e. The van der Waals surface area contributed by atoms with Crippen LogP contribution in [0.15, 0.2) is 54.6 Å². The molecule has 1 N–H and O–H groups in total. The van der Waals surface area contributed by atoms with Gasteiger partial charge in [0.05, 0.1) is 7.11 Å². The third-order valence-electron chi connectivity index (χ3n) is 4.72. The molecule has 1 amide bonds. The highest BCUT2D eigenvalue weighted by atomic mass is 16.5. The zero-order valence-corrected chi connectivity index (χ0v) is 14.8. The molecule has 1 aliphatic heterocycles. The lowest BCUT2D eigenvalue weighted by molar-refractivity contribution is -0.134. The molecule has 2 aromatic carbocycles. The number of hydrogen-bond acceptors (Lipinski definition) is 3.